The predicted octanol–water partition coefficient (Wildman–Crippen LogP) is 5.52. The van der Waals surface area contributed by atoms with Gasteiger partial charge in [-0.3, -0.25) is 0 Å². The van der Waals surface area contributed by atoms with E-state index < -0.39 is 0 Å². The summed E-state index contributed by atoms with van der Waals surface area (Å²) >= 11 is 0. The van der Waals surface area contributed by atoms with E-state index in [0.29, 0.717) is 6.42 Å². The molecule has 0 heterocycles. The van der Waals surface area contributed by atoms with E-state index in [1.165, 1.54) is 23.1 Å². The summed E-state index contributed by atoms with van der Waals surface area (Å²) in [5.74, 6) is 0.00796. The Morgan fingerprint density at radius 2 is 1.77 bits per heavy atom. The molecular weight excluding hydrogens is 271 g/mol. The second-order valence-corrected chi connectivity index (χ2v) is 6.09. The van der Waals surface area contributed by atoms with Crippen LogP contribution in [0.3, 0.4) is 0 Å². The summed E-state index contributed by atoms with van der Waals surface area (Å²) in [5, 5.41) is 0. The lowest BCUT2D eigenvalue weighted by molar-refractivity contribution is 0.596. The highest BCUT2D eigenvalue weighted by Gasteiger charge is 2.17. The monoisotopic (exact) mass is 294 g/mol. The maximum Gasteiger partial charge on any atom is 0.130 e. The fourth-order valence-electron chi connectivity index (χ4n) is 3.27. The van der Waals surface area contributed by atoms with Crippen LogP contribution in [-0.4, -0.2) is 0 Å². The Hall–Kier alpha value is -1.89. The molecule has 0 aromatic heterocycles. The molecule has 0 aliphatic heterocycles. The van der Waals surface area contributed by atoms with E-state index in [1.807, 2.05) is 13.0 Å². The minimum atomic E-state index is 0.00796. The number of allylic oxidation sites excluding steroid dienone is 2. The molecule has 0 atom stereocenters. The fourth-order valence-corrected chi connectivity index (χ4v) is 3.27. The molecule has 0 saturated heterocycles. The fraction of sp³-hybridized carbons (Fsp3) is 0.333. The summed E-state index contributed by atoms with van der Waals surface area (Å²) < 4.78 is 14.4. The molecule has 0 spiro atoms. The van der Waals surface area contributed by atoms with Crippen molar-refractivity contribution in [2.24, 2.45) is 0 Å². The normalized spacial score (nSPS) is 13.7. The number of hydrogen-bond donors (Lipinski definition) is 0. The Morgan fingerprint density at radius 1 is 1.00 bits per heavy atom. The van der Waals surface area contributed by atoms with Gasteiger partial charge in [-0.05, 0) is 59.1 Å². The molecule has 0 radical (unpaired) electrons. The van der Waals surface area contributed by atoms with Crippen LogP contribution in [0.5, 0.6) is 0 Å². The molecule has 2 aromatic rings. The van der Waals surface area contributed by atoms with Gasteiger partial charge in [-0.15, -0.1) is 0 Å². The molecular formula is C21H23F. The van der Waals surface area contributed by atoms with Crippen molar-refractivity contribution in [1.29, 1.82) is 0 Å². The number of hydrogen-bond acceptors (Lipinski definition) is 0. The molecule has 1 aliphatic carbocycles. The van der Waals surface area contributed by atoms with Gasteiger partial charge in [0.25, 0.3) is 0 Å². The first-order valence-electron chi connectivity index (χ1n) is 8.30. The number of halogens is 1. The van der Waals surface area contributed by atoms with Crippen molar-refractivity contribution in [2.45, 2.75) is 46.0 Å². The minimum absolute atomic E-state index is 0.00796. The maximum absolute atomic E-state index is 14.4. The van der Waals surface area contributed by atoms with Crippen LogP contribution in [0.4, 0.5) is 4.39 Å². The third-order valence-electron chi connectivity index (χ3n) is 4.60. The molecule has 1 heteroatoms. The van der Waals surface area contributed by atoms with Crippen molar-refractivity contribution in [1.82, 2.24) is 0 Å². The molecule has 1 aliphatic rings. The van der Waals surface area contributed by atoms with Gasteiger partial charge in [0.15, 0.2) is 0 Å². The first kappa shape index (κ1) is 15.0. The van der Waals surface area contributed by atoms with Crippen LogP contribution in [-0.2, 0) is 25.7 Å². The molecule has 22 heavy (non-hydrogen) atoms. The highest BCUT2D eigenvalue weighted by molar-refractivity contribution is 5.70. The summed E-state index contributed by atoms with van der Waals surface area (Å²) in [6, 6.07) is 12.9. The van der Waals surface area contributed by atoms with Gasteiger partial charge in [-0.1, -0.05) is 62.7 Å². The molecule has 0 saturated carbocycles. The van der Waals surface area contributed by atoms with Gasteiger partial charge in [-0.2, -0.15) is 0 Å². The summed E-state index contributed by atoms with van der Waals surface area (Å²) in [4.78, 5) is 0. The maximum atomic E-state index is 14.4. The molecule has 3 rings (SSSR count). The van der Waals surface area contributed by atoms with Gasteiger partial charge in [0.05, 0.1) is 0 Å². The van der Waals surface area contributed by atoms with E-state index in [9.17, 15) is 4.39 Å². The third kappa shape index (κ3) is 2.85. The standard InChI is InChI=1S/C21H23F/c1-3-5-15-6-8-17(9-7-15)18-12-13-20-19(14-18)11-10-16(4-2)21(20)22/h6-12H,3-5,13-14H2,1-2H3. The Balaban J connectivity index is 1.85. The molecule has 114 valence electrons. The number of aryl methyl sites for hydroxylation is 2. The van der Waals surface area contributed by atoms with E-state index in [-0.39, 0.29) is 5.82 Å². The van der Waals surface area contributed by atoms with E-state index >= 15 is 0 Å². The number of rotatable bonds is 4. The lowest BCUT2D eigenvalue weighted by Gasteiger charge is -2.19. The smallest absolute Gasteiger partial charge is 0.130 e. The second-order valence-electron chi connectivity index (χ2n) is 6.09. The average Bonchev–Trinajstić information content (AvgIpc) is 2.56. The van der Waals surface area contributed by atoms with Crippen LogP contribution in [0.25, 0.3) is 5.57 Å². The van der Waals surface area contributed by atoms with Crippen LogP contribution in [0.1, 0.15) is 48.1 Å². The van der Waals surface area contributed by atoms with E-state index in [1.54, 1.807) is 0 Å². The Labute approximate surface area is 132 Å². The zero-order valence-corrected chi connectivity index (χ0v) is 13.5. The van der Waals surface area contributed by atoms with E-state index in [0.717, 1.165) is 36.0 Å². The largest absolute Gasteiger partial charge is 0.206 e. The summed E-state index contributed by atoms with van der Waals surface area (Å²) in [6.45, 7) is 4.21. The second kappa shape index (κ2) is 6.48. The molecule has 0 fully saturated rings. The molecule has 0 unspecified atom stereocenters. The van der Waals surface area contributed by atoms with Gasteiger partial charge in [0, 0.05) is 0 Å². The Kier molecular flexibility index (Phi) is 4.42. The van der Waals surface area contributed by atoms with Crippen LogP contribution >= 0.6 is 0 Å². The molecule has 0 N–H and O–H groups in total. The van der Waals surface area contributed by atoms with Gasteiger partial charge in [0.1, 0.15) is 5.82 Å². The minimum Gasteiger partial charge on any atom is -0.206 e. The first-order valence-corrected chi connectivity index (χ1v) is 8.30. The average molecular weight is 294 g/mol. The summed E-state index contributed by atoms with van der Waals surface area (Å²) in [7, 11) is 0. The Morgan fingerprint density at radius 3 is 2.45 bits per heavy atom. The van der Waals surface area contributed by atoms with Gasteiger partial charge >= 0.3 is 0 Å². The van der Waals surface area contributed by atoms with E-state index in [4.69, 9.17) is 0 Å². The lowest BCUT2D eigenvalue weighted by Crippen LogP contribution is -2.07. The Bertz CT molecular complexity index is 693. The van der Waals surface area contributed by atoms with Crippen molar-refractivity contribution in [2.75, 3.05) is 0 Å². The zero-order valence-electron chi connectivity index (χ0n) is 13.5. The molecule has 0 nitrogen and oxygen atoms in total. The topological polar surface area (TPSA) is 0 Å². The lowest BCUT2D eigenvalue weighted by atomic mass is 9.86. The van der Waals surface area contributed by atoms with Crippen LogP contribution in [0, 0.1) is 5.82 Å². The van der Waals surface area contributed by atoms with Gasteiger partial charge in [-0.25, -0.2) is 4.39 Å². The van der Waals surface area contributed by atoms with Crippen molar-refractivity contribution in [3.63, 3.8) is 0 Å². The third-order valence-corrected chi connectivity index (χ3v) is 4.60. The highest BCUT2D eigenvalue weighted by Crippen LogP contribution is 2.30. The van der Waals surface area contributed by atoms with E-state index in [2.05, 4.69) is 43.3 Å². The molecule has 2 aromatic carbocycles. The quantitative estimate of drug-likeness (QED) is 0.696. The predicted molar refractivity (Wildman–Crippen MR) is 91.6 cm³/mol. The summed E-state index contributed by atoms with van der Waals surface area (Å²) in [5.41, 5.74) is 6.85. The number of fused-ring (bicyclic) bond motifs is 1. The first-order chi connectivity index (χ1) is 10.7. The van der Waals surface area contributed by atoms with Crippen molar-refractivity contribution in [3.8, 4) is 0 Å². The summed E-state index contributed by atoms with van der Waals surface area (Å²) in [6.07, 6.45) is 6.81. The van der Waals surface area contributed by atoms with Crippen LogP contribution in [0.2, 0.25) is 0 Å². The van der Waals surface area contributed by atoms with Crippen molar-refractivity contribution in [3.05, 3.63) is 76.1 Å². The number of benzene rings is 2. The zero-order chi connectivity index (χ0) is 15.5. The van der Waals surface area contributed by atoms with Crippen molar-refractivity contribution >= 4 is 5.57 Å². The van der Waals surface area contributed by atoms with Gasteiger partial charge < -0.3 is 0 Å². The van der Waals surface area contributed by atoms with Gasteiger partial charge in [0.2, 0.25) is 0 Å². The SMILES string of the molecule is CCCc1ccc(C2=CCc3c(ccc(CC)c3F)C2)cc1. The molecule has 0 bridgehead atoms. The van der Waals surface area contributed by atoms with Crippen LogP contribution < -0.4 is 0 Å². The van der Waals surface area contributed by atoms with Crippen LogP contribution in [0.15, 0.2) is 42.5 Å². The molecule has 0 amide bonds. The van der Waals surface area contributed by atoms with Crippen molar-refractivity contribution < 1.29 is 4.39 Å². The highest BCUT2D eigenvalue weighted by atomic mass is 19.1.